The summed E-state index contributed by atoms with van der Waals surface area (Å²) in [5.74, 6) is 0.754. The maximum Gasteiger partial charge on any atom is 0.182 e. The zero-order valence-electron chi connectivity index (χ0n) is 9.32. The molecule has 2 aromatic heterocycles. The molecule has 0 fully saturated rings. The zero-order chi connectivity index (χ0) is 12.5. The number of phenols is 1. The van der Waals surface area contributed by atoms with Gasteiger partial charge < -0.3 is 5.11 Å². The minimum atomic E-state index is 0.200. The number of aromatic hydroxyl groups is 1. The van der Waals surface area contributed by atoms with Crippen molar-refractivity contribution in [2.75, 3.05) is 0 Å². The van der Waals surface area contributed by atoms with Gasteiger partial charge >= 0.3 is 0 Å². The van der Waals surface area contributed by atoms with Crippen LogP contribution in [0.25, 0.3) is 17.0 Å². The number of carbonyl (C=O) groups excluding carboxylic acids is 1. The van der Waals surface area contributed by atoms with E-state index in [9.17, 15) is 9.90 Å². The summed E-state index contributed by atoms with van der Waals surface area (Å²) in [5, 5.41) is 13.5. The first kappa shape index (κ1) is 10.5. The van der Waals surface area contributed by atoms with Gasteiger partial charge in [-0.05, 0) is 36.4 Å². The summed E-state index contributed by atoms with van der Waals surface area (Å²) >= 11 is 0. The fourth-order valence-corrected chi connectivity index (χ4v) is 1.70. The molecule has 0 saturated heterocycles. The van der Waals surface area contributed by atoms with Crippen molar-refractivity contribution in [3.8, 4) is 17.1 Å². The van der Waals surface area contributed by atoms with Crippen molar-refractivity contribution < 1.29 is 9.90 Å². The summed E-state index contributed by atoms with van der Waals surface area (Å²) in [6.07, 6.45) is 2.46. The molecule has 0 amide bonds. The van der Waals surface area contributed by atoms with Gasteiger partial charge in [-0.15, -0.1) is 5.10 Å². The number of pyridine rings is 1. The van der Waals surface area contributed by atoms with Gasteiger partial charge in [0.1, 0.15) is 12.0 Å². The SMILES string of the molecule is O=Cc1ccn2nc(-c3ccc(O)cc3)nc2c1. The van der Waals surface area contributed by atoms with Crippen LogP contribution in [-0.4, -0.2) is 26.0 Å². The molecule has 18 heavy (non-hydrogen) atoms. The van der Waals surface area contributed by atoms with Crippen molar-refractivity contribution in [2.24, 2.45) is 0 Å². The van der Waals surface area contributed by atoms with Crippen molar-refractivity contribution in [1.82, 2.24) is 14.6 Å². The molecule has 0 aliphatic carbocycles. The minimum absolute atomic E-state index is 0.200. The Morgan fingerprint density at radius 3 is 2.67 bits per heavy atom. The fourth-order valence-electron chi connectivity index (χ4n) is 1.70. The highest BCUT2D eigenvalue weighted by Crippen LogP contribution is 2.19. The van der Waals surface area contributed by atoms with Crippen molar-refractivity contribution in [1.29, 1.82) is 0 Å². The van der Waals surface area contributed by atoms with E-state index < -0.39 is 0 Å². The van der Waals surface area contributed by atoms with Crippen LogP contribution in [0.1, 0.15) is 10.4 Å². The van der Waals surface area contributed by atoms with E-state index in [-0.39, 0.29) is 5.75 Å². The number of phenolic OH excluding ortho intramolecular Hbond substituents is 1. The van der Waals surface area contributed by atoms with Gasteiger partial charge in [0, 0.05) is 17.3 Å². The first-order valence-corrected chi connectivity index (χ1v) is 5.37. The molecule has 1 aromatic carbocycles. The van der Waals surface area contributed by atoms with Crippen LogP contribution in [0.15, 0.2) is 42.6 Å². The lowest BCUT2D eigenvalue weighted by Crippen LogP contribution is -1.88. The summed E-state index contributed by atoms with van der Waals surface area (Å²) in [4.78, 5) is 15.0. The van der Waals surface area contributed by atoms with Crippen LogP contribution in [0.2, 0.25) is 0 Å². The number of benzene rings is 1. The molecule has 3 aromatic rings. The lowest BCUT2D eigenvalue weighted by Gasteiger charge is -1.94. The van der Waals surface area contributed by atoms with Gasteiger partial charge in [0.15, 0.2) is 11.5 Å². The van der Waals surface area contributed by atoms with E-state index >= 15 is 0 Å². The molecule has 0 aliphatic heterocycles. The zero-order valence-corrected chi connectivity index (χ0v) is 9.32. The van der Waals surface area contributed by atoms with Gasteiger partial charge in [-0.2, -0.15) is 0 Å². The largest absolute Gasteiger partial charge is 0.508 e. The monoisotopic (exact) mass is 239 g/mol. The Bertz CT molecular complexity index is 717. The highest BCUT2D eigenvalue weighted by atomic mass is 16.3. The molecular formula is C13H9N3O2. The number of aromatic nitrogens is 3. The van der Waals surface area contributed by atoms with Crippen LogP contribution in [0.3, 0.4) is 0 Å². The molecule has 0 aliphatic rings. The van der Waals surface area contributed by atoms with Crippen molar-refractivity contribution in [2.45, 2.75) is 0 Å². The molecule has 3 rings (SSSR count). The predicted octanol–water partition coefficient (Wildman–Crippen LogP) is 1.91. The Balaban J connectivity index is 2.12. The van der Waals surface area contributed by atoms with Crippen molar-refractivity contribution in [3.05, 3.63) is 48.2 Å². The Kier molecular flexibility index (Phi) is 2.30. The summed E-state index contributed by atoms with van der Waals surface area (Å²) in [7, 11) is 0. The normalized spacial score (nSPS) is 10.7. The van der Waals surface area contributed by atoms with E-state index in [0.29, 0.717) is 17.0 Å². The molecule has 1 N–H and O–H groups in total. The second-order valence-electron chi connectivity index (χ2n) is 3.86. The number of rotatable bonds is 2. The third-order valence-corrected chi connectivity index (χ3v) is 2.62. The number of carbonyl (C=O) groups is 1. The van der Waals surface area contributed by atoms with Gasteiger partial charge in [0.25, 0.3) is 0 Å². The molecule has 0 atom stereocenters. The molecule has 0 saturated carbocycles. The number of nitrogens with zero attached hydrogens (tertiary/aromatic N) is 3. The fraction of sp³-hybridized carbons (Fsp3) is 0. The van der Waals surface area contributed by atoms with Gasteiger partial charge in [-0.25, -0.2) is 9.50 Å². The van der Waals surface area contributed by atoms with Crippen LogP contribution in [0, 0.1) is 0 Å². The number of aldehydes is 1. The maximum atomic E-state index is 10.7. The number of hydrogen-bond donors (Lipinski definition) is 1. The van der Waals surface area contributed by atoms with Gasteiger partial charge in [0.05, 0.1) is 0 Å². The molecule has 2 heterocycles. The summed E-state index contributed by atoms with van der Waals surface area (Å²) in [6.45, 7) is 0. The highest BCUT2D eigenvalue weighted by molar-refractivity contribution is 5.76. The number of fused-ring (bicyclic) bond motifs is 1. The van der Waals surface area contributed by atoms with E-state index in [1.54, 1.807) is 47.1 Å². The van der Waals surface area contributed by atoms with E-state index in [0.717, 1.165) is 11.8 Å². The summed E-state index contributed by atoms with van der Waals surface area (Å²) in [6, 6.07) is 9.99. The summed E-state index contributed by atoms with van der Waals surface area (Å²) in [5.41, 5.74) is 1.99. The quantitative estimate of drug-likeness (QED) is 0.694. The third-order valence-electron chi connectivity index (χ3n) is 2.62. The van der Waals surface area contributed by atoms with Gasteiger partial charge in [-0.1, -0.05) is 0 Å². The van der Waals surface area contributed by atoms with Gasteiger partial charge in [0.2, 0.25) is 0 Å². The lowest BCUT2D eigenvalue weighted by atomic mass is 10.2. The van der Waals surface area contributed by atoms with Crippen molar-refractivity contribution >= 4 is 11.9 Å². The first-order chi connectivity index (χ1) is 8.76. The van der Waals surface area contributed by atoms with E-state index in [1.165, 1.54) is 0 Å². The Morgan fingerprint density at radius 2 is 1.94 bits per heavy atom. The molecule has 88 valence electrons. The molecule has 5 heteroatoms. The average Bonchev–Trinajstić information content (AvgIpc) is 2.82. The molecule has 5 nitrogen and oxygen atoms in total. The van der Waals surface area contributed by atoms with E-state index in [4.69, 9.17) is 0 Å². The van der Waals surface area contributed by atoms with Gasteiger partial charge in [-0.3, -0.25) is 4.79 Å². The average molecular weight is 239 g/mol. The molecular weight excluding hydrogens is 230 g/mol. The van der Waals surface area contributed by atoms with Crippen LogP contribution < -0.4 is 0 Å². The third kappa shape index (κ3) is 1.71. The Morgan fingerprint density at radius 1 is 1.17 bits per heavy atom. The van der Waals surface area contributed by atoms with Crippen LogP contribution >= 0.6 is 0 Å². The molecule has 0 spiro atoms. The maximum absolute atomic E-state index is 10.7. The molecule has 0 unspecified atom stereocenters. The second kappa shape index (κ2) is 3.96. The smallest absolute Gasteiger partial charge is 0.182 e. The predicted molar refractivity (Wildman–Crippen MR) is 65.5 cm³/mol. The van der Waals surface area contributed by atoms with Crippen LogP contribution in [-0.2, 0) is 0 Å². The molecule has 0 bridgehead atoms. The first-order valence-electron chi connectivity index (χ1n) is 5.37. The van der Waals surface area contributed by atoms with E-state index in [1.807, 2.05) is 0 Å². The lowest BCUT2D eigenvalue weighted by molar-refractivity contribution is 0.112. The van der Waals surface area contributed by atoms with Crippen molar-refractivity contribution in [3.63, 3.8) is 0 Å². The topological polar surface area (TPSA) is 67.5 Å². The minimum Gasteiger partial charge on any atom is -0.508 e. The number of hydrogen-bond acceptors (Lipinski definition) is 4. The molecule has 0 radical (unpaired) electrons. The Labute approximate surface area is 102 Å². The highest BCUT2D eigenvalue weighted by Gasteiger charge is 2.06. The second-order valence-corrected chi connectivity index (χ2v) is 3.86. The van der Waals surface area contributed by atoms with Crippen LogP contribution in [0.4, 0.5) is 0 Å². The van der Waals surface area contributed by atoms with Crippen LogP contribution in [0.5, 0.6) is 5.75 Å². The Hall–Kier alpha value is -2.69. The standard InChI is InChI=1S/C13H9N3O2/c17-8-9-5-6-16-12(7-9)14-13(15-16)10-1-3-11(18)4-2-10/h1-8,18H. The van der Waals surface area contributed by atoms with E-state index in [2.05, 4.69) is 10.1 Å². The summed E-state index contributed by atoms with van der Waals surface area (Å²) < 4.78 is 1.61.